The number of benzene rings is 3. The van der Waals surface area contributed by atoms with Crippen LogP contribution in [0.3, 0.4) is 0 Å². The van der Waals surface area contributed by atoms with Crippen molar-refractivity contribution in [3.63, 3.8) is 0 Å². The van der Waals surface area contributed by atoms with Gasteiger partial charge in [0.1, 0.15) is 5.82 Å². The average Bonchev–Trinajstić information content (AvgIpc) is 2.93. The van der Waals surface area contributed by atoms with Crippen LogP contribution in [0.1, 0.15) is 5.56 Å². The lowest BCUT2D eigenvalue weighted by molar-refractivity contribution is 0.706. The lowest BCUT2D eigenvalue weighted by atomic mass is 9.94. The van der Waals surface area contributed by atoms with Gasteiger partial charge in [0.25, 0.3) is 0 Å². The van der Waals surface area contributed by atoms with Gasteiger partial charge in [-0.1, -0.05) is 48.5 Å². The summed E-state index contributed by atoms with van der Waals surface area (Å²) in [5.41, 5.74) is 5.06. The third-order valence-corrected chi connectivity index (χ3v) is 4.52. The van der Waals surface area contributed by atoms with Crippen molar-refractivity contribution in [2.24, 2.45) is 0 Å². The molecule has 1 aliphatic heterocycles. The lowest BCUT2D eigenvalue weighted by Crippen LogP contribution is -2.11. The summed E-state index contributed by atoms with van der Waals surface area (Å²) in [5, 5.41) is 2.69. The van der Waals surface area contributed by atoms with Crippen molar-refractivity contribution in [3.8, 4) is 11.4 Å². The van der Waals surface area contributed by atoms with Crippen molar-refractivity contribution in [2.45, 2.75) is 13.0 Å². The van der Waals surface area contributed by atoms with Crippen molar-refractivity contribution < 1.29 is 0 Å². The van der Waals surface area contributed by atoms with Gasteiger partial charge in [0.2, 0.25) is 0 Å². The molecule has 0 bridgehead atoms. The third kappa shape index (κ3) is 1.44. The summed E-state index contributed by atoms with van der Waals surface area (Å²) in [6.45, 7) is 1.01. The molecule has 0 atom stereocenters. The largest absolute Gasteiger partial charge is 0.324 e. The predicted molar refractivity (Wildman–Crippen MR) is 86.4 cm³/mol. The Morgan fingerprint density at radius 2 is 1.71 bits per heavy atom. The van der Waals surface area contributed by atoms with Crippen molar-refractivity contribution >= 4 is 21.8 Å². The maximum atomic E-state index is 4.86. The first-order chi connectivity index (χ1) is 10.4. The van der Waals surface area contributed by atoms with Crippen LogP contribution in [0.4, 0.5) is 0 Å². The summed E-state index contributed by atoms with van der Waals surface area (Å²) in [6.07, 6.45) is 1.07. The smallest absolute Gasteiger partial charge is 0.141 e. The molecule has 2 nitrogen and oxygen atoms in total. The summed E-state index contributed by atoms with van der Waals surface area (Å²) in [7, 11) is 0. The van der Waals surface area contributed by atoms with E-state index in [1.165, 1.54) is 27.4 Å². The Morgan fingerprint density at radius 3 is 2.71 bits per heavy atom. The fourth-order valence-electron chi connectivity index (χ4n) is 3.55. The molecule has 5 rings (SSSR count). The molecular formula is C19H14N2. The van der Waals surface area contributed by atoms with Gasteiger partial charge >= 0.3 is 0 Å². The van der Waals surface area contributed by atoms with Gasteiger partial charge in [-0.2, -0.15) is 0 Å². The van der Waals surface area contributed by atoms with Crippen LogP contribution in [-0.2, 0) is 13.0 Å². The molecule has 3 aromatic carbocycles. The van der Waals surface area contributed by atoms with E-state index in [1.807, 2.05) is 0 Å². The van der Waals surface area contributed by atoms with Crippen LogP contribution < -0.4 is 0 Å². The van der Waals surface area contributed by atoms with Gasteiger partial charge in [-0.25, -0.2) is 4.98 Å². The molecule has 0 radical (unpaired) electrons. The normalized spacial score (nSPS) is 13.3. The molecule has 0 N–H and O–H groups in total. The molecule has 0 spiro atoms. The molecule has 0 saturated carbocycles. The fraction of sp³-hybridized carbons (Fsp3) is 0.105. The van der Waals surface area contributed by atoms with Crippen LogP contribution in [0, 0.1) is 0 Å². The fourth-order valence-corrected chi connectivity index (χ4v) is 3.55. The van der Waals surface area contributed by atoms with E-state index in [4.69, 9.17) is 4.98 Å². The van der Waals surface area contributed by atoms with E-state index < -0.39 is 0 Å². The second-order valence-electron chi connectivity index (χ2n) is 5.64. The Labute approximate surface area is 122 Å². The zero-order valence-electron chi connectivity index (χ0n) is 11.6. The second-order valence-corrected chi connectivity index (χ2v) is 5.64. The van der Waals surface area contributed by atoms with Crippen LogP contribution in [-0.4, -0.2) is 9.55 Å². The number of fused-ring (bicyclic) bond motifs is 7. The SMILES string of the molecule is c1ccc2c3c(ccc2c1)-c1nc2ccccc2n1CC3. The topological polar surface area (TPSA) is 17.8 Å². The van der Waals surface area contributed by atoms with Crippen molar-refractivity contribution in [2.75, 3.05) is 0 Å². The first-order valence-electron chi connectivity index (χ1n) is 7.38. The Hall–Kier alpha value is -2.61. The molecule has 0 saturated heterocycles. The second kappa shape index (κ2) is 3.95. The predicted octanol–water partition coefficient (Wildman–Crippen LogP) is 4.41. The Kier molecular flexibility index (Phi) is 2.09. The zero-order chi connectivity index (χ0) is 13.8. The van der Waals surface area contributed by atoms with Gasteiger partial charge in [-0.05, 0) is 34.9 Å². The van der Waals surface area contributed by atoms with Crippen LogP contribution in [0.5, 0.6) is 0 Å². The van der Waals surface area contributed by atoms with Crippen molar-refractivity contribution in [3.05, 3.63) is 66.2 Å². The summed E-state index contributed by atoms with van der Waals surface area (Å²) < 4.78 is 2.35. The summed E-state index contributed by atoms with van der Waals surface area (Å²) in [6, 6.07) is 21.5. The quantitative estimate of drug-likeness (QED) is 0.462. The van der Waals surface area contributed by atoms with Crippen LogP contribution in [0.2, 0.25) is 0 Å². The van der Waals surface area contributed by atoms with Crippen molar-refractivity contribution in [1.82, 2.24) is 9.55 Å². The molecule has 0 aliphatic carbocycles. The number of hydrogen-bond donors (Lipinski definition) is 0. The van der Waals surface area contributed by atoms with Crippen LogP contribution in [0.25, 0.3) is 33.2 Å². The summed E-state index contributed by atoms with van der Waals surface area (Å²) >= 11 is 0. The molecule has 0 unspecified atom stereocenters. The van der Waals surface area contributed by atoms with Gasteiger partial charge in [-0.15, -0.1) is 0 Å². The van der Waals surface area contributed by atoms with E-state index in [-0.39, 0.29) is 0 Å². The molecule has 0 amide bonds. The maximum Gasteiger partial charge on any atom is 0.141 e. The summed E-state index contributed by atoms with van der Waals surface area (Å²) in [5.74, 6) is 1.11. The molecule has 0 fully saturated rings. The van der Waals surface area contributed by atoms with E-state index >= 15 is 0 Å². The number of aryl methyl sites for hydroxylation is 2. The van der Waals surface area contributed by atoms with Gasteiger partial charge in [-0.3, -0.25) is 0 Å². The van der Waals surface area contributed by atoms with Gasteiger partial charge < -0.3 is 4.57 Å². The highest BCUT2D eigenvalue weighted by molar-refractivity contribution is 5.93. The minimum Gasteiger partial charge on any atom is -0.324 e. The van der Waals surface area contributed by atoms with Gasteiger partial charge in [0.15, 0.2) is 0 Å². The molecule has 2 heteroatoms. The molecule has 1 aromatic heterocycles. The van der Waals surface area contributed by atoms with Crippen molar-refractivity contribution in [1.29, 1.82) is 0 Å². The van der Waals surface area contributed by atoms with Crippen LogP contribution in [0.15, 0.2) is 60.7 Å². The Bertz CT molecular complexity index is 995. The third-order valence-electron chi connectivity index (χ3n) is 4.52. The molecule has 21 heavy (non-hydrogen) atoms. The number of hydrogen-bond acceptors (Lipinski definition) is 1. The zero-order valence-corrected chi connectivity index (χ0v) is 11.6. The average molecular weight is 270 g/mol. The number of rotatable bonds is 0. The standard InChI is InChI=1S/C19H14N2/c1-2-6-14-13(5-1)9-10-16-15(14)11-12-21-18-8-4-3-7-17(18)20-19(16)21/h1-10H,11-12H2. The monoisotopic (exact) mass is 270 g/mol. The lowest BCUT2D eigenvalue weighted by Gasteiger charge is -2.20. The number of imidazole rings is 1. The number of para-hydroxylation sites is 2. The van der Waals surface area contributed by atoms with Gasteiger partial charge in [0, 0.05) is 12.1 Å². The van der Waals surface area contributed by atoms with E-state index in [1.54, 1.807) is 0 Å². The maximum absolute atomic E-state index is 4.86. The first-order valence-corrected chi connectivity index (χ1v) is 7.38. The molecule has 100 valence electrons. The van der Waals surface area contributed by atoms with E-state index in [9.17, 15) is 0 Å². The van der Waals surface area contributed by atoms with Crippen LogP contribution >= 0.6 is 0 Å². The van der Waals surface area contributed by atoms with E-state index in [0.717, 1.165) is 24.3 Å². The molecular weight excluding hydrogens is 256 g/mol. The highest BCUT2D eigenvalue weighted by Gasteiger charge is 2.21. The van der Waals surface area contributed by atoms with E-state index in [2.05, 4.69) is 65.2 Å². The minimum atomic E-state index is 1.01. The molecule has 2 heterocycles. The minimum absolute atomic E-state index is 1.01. The highest BCUT2D eigenvalue weighted by Crippen LogP contribution is 2.36. The highest BCUT2D eigenvalue weighted by atomic mass is 15.1. The van der Waals surface area contributed by atoms with E-state index in [0.29, 0.717) is 0 Å². The molecule has 1 aliphatic rings. The first kappa shape index (κ1) is 11.1. The number of aromatic nitrogens is 2. The van der Waals surface area contributed by atoms with Gasteiger partial charge in [0.05, 0.1) is 11.0 Å². The summed E-state index contributed by atoms with van der Waals surface area (Å²) in [4.78, 5) is 4.86. The number of nitrogens with zero attached hydrogens (tertiary/aromatic N) is 2. The Balaban J connectivity index is 1.89. The molecule has 4 aromatic rings. The Morgan fingerprint density at radius 1 is 0.857 bits per heavy atom.